The summed E-state index contributed by atoms with van der Waals surface area (Å²) in [4.78, 5) is 80.9. The zero-order valence-electron chi connectivity index (χ0n) is 56.4. The van der Waals surface area contributed by atoms with Gasteiger partial charge in [0.05, 0.1) is 0 Å². The van der Waals surface area contributed by atoms with E-state index in [2.05, 4.69) is 13.8 Å². The Balaban J connectivity index is 0.000000496. The average molecular weight is 1210 g/mol. The molecular weight excluding hydrogens is 1080 g/mol. The first-order valence-corrected chi connectivity index (χ1v) is 32.9. The van der Waals surface area contributed by atoms with Crippen LogP contribution < -0.4 is 17.2 Å². The Kier molecular flexibility index (Phi) is 32.0. The van der Waals surface area contributed by atoms with Crippen molar-refractivity contribution in [2.75, 3.05) is 0 Å². The van der Waals surface area contributed by atoms with Crippen LogP contribution in [0.1, 0.15) is 266 Å². The van der Waals surface area contributed by atoms with Crippen molar-refractivity contribution in [3.8, 4) is 0 Å². The van der Waals surface area contributed by atoms with Crippen LogP contribution in [-0.4, -0.2) is 134 Å². The van der Waals surface area contributed by atoms with E-state index in [1.807, 2.05) is 96.9 Å². The summed E-state index contributed by atoms with van der Waals surface area (Å²) in [6.45, 7) is 33.8. The van der Waals surface area contributed by atoms with Crippen molar-refractivity contribution in [1.82, 2.24) is 0 Å². The van der Waals surface area contributed by atoms with E-state index in [0.29, 0.717) is 82.5 Å². The number of carbonyl (C=O) groups is 7. The number of Topliss-reactive ketones (excluding diaryl/α,β-unsaturated/α-hetero) is 7. The smallest absolute Gasteiger partial charge is 0.168 e. The van der Waals surface area contributed by atoms with E-state index >= 15 is 0 Å². The highest BCUT2D eigenvalue weighted by Crippen LogP contribution is 2.41. The lowest BCUT2D eigenvalue weighted by Crippen LogP contribution is -2.57. The van der Waals surface area contributed by atoms with Crippen molar-refractivity contribution in [1.29, 1.82) is 0 Å². The molecule has 0 aromatic heterocycles. The van der Waals surface area contributed by atoms with Crippen molar-refractivity contribution in [2.45, 2.75) is 323 Å². The molecule has 0 spiro atoms. The number of nitrogens with two attached hydrogens (primary N) is 3. The van der Waals surface area contributed by atoms with Crippen LogP contribution in [0.3, 0.4) is 0 Å². The summed E-state index contributed by atoms with van der Waals surface area (Å²) < 4.78 is 0. The number of rotatable bonds is 14. The highest BCUT2D eigenvalue weighted by atomic mass is 16.3. The molecule has 0 amide bonds. The van der Waals surface area contributed by atoms with Gasteiger partial charge in [-0.05, 0) is 152 Å². The van der Waals surface area contributed by atoms with Crippen molar-refractivity contribution < 1.29 is 69.3 Å². The fourth-order valence-electron chi connectivity index (χ4n) is 13.3. The Morgan fingerprint density at radius 1 is 0.306 bits per heavy atom. The molecule has 0 aromatic rings. The van der Waals surface area contributed by atoms with Gasteiger partial charge >= 0.3 is 0 Å². The Morgan fingerprint density at radius 2 is 0.647 bits per heavy atom. The number of aliphatic hydroxyl groups is 7. The van der Waals surface area contributed by atoms with Crippen LogP contribution in [0.15, 0.2) is 0 Å². The van der Waals surface area contributed by atoms with Crippen LogP contribution in [0.25, 0.3) is 0 Å². The molecule has 10 unspecified atom stereocenters. The van der Waals surface area contributed by atoms with Crippen molar-refractivity contribution in [2.24, 2.45) is 82.3 Å². The van der Waals surface area contributed by atoms with Crippen LogP contribution in [0.2, 0.25) is 0 Å². The van der Waals surface area contributed by atoms with E-state index in [1.54, 1.807) is 13.8 Å². The predicted octanol–water partition coefficient (Wildman–Crippen LogP) is 8.80. The minimum atomic E-state index is -1.24. The molecule has 0 bridgehead atoms. The first kappa shape index (κ1) is 80.3. The molecule has 0 heterocycles. The molecule has 10 atom stereocenters. The van der Waals surface area contributed by atoms with Gasteiger partial charge in [0.2, 0.25) is 0 Å². The van der Waals surface area contributed by atoms with Gasteiger partial charge in [0.25, 0.3) is 0 Å². The van der Waals surface area contributed by atoms with Gasteiger partial charge in [0.15, 0.2) is 40.5 Å². The maximum Gasteiger partial charge on any atom is 0.168 e. The van der Waals surface area contributed by atoms with Gasteiger partial charge in [-0.2, -0.15) is 0 Å². The maximum atomic E-state index is 11.7. The molecule has 7 aliphatic rings. The molecule has 7 saturated carbocycles. The summed E-state index contributed by atoms with van der Waals surface area (Å²) in [5.41, 5.74) is 9.45. The first-order chi connectivity index (χ1) is 38.8. The second kappa shape index (κ2) is 33.9. The van der Waals surface area contributed by atoms with Crippen LogP contribution in [0.4, 0.5) is 0 Å². The predicted molar refractivity (Wildman–Crippen MR) is 336 cm³/mol. The SMILES string of the molecule is CC(C)C(=O)C1(O)CC(N)C1.CC(C)C(=O)C1(O)CCC(N)C1.CC(C)C(=O)C1(O)CCC1C.CC(C)C(=O)C1(O)CCCC1C.CC(C)C(=O)C1(O)CCCCC1N.CC1CCC(O)(C(=O)C(C)C)CC1.CC1CCCC(O)(C(=O)C(C)C)C1. The molecule has 0 aromatic carbocycles. The quantitative estimate of drug-likeness (QED) is 0.0776. The minimum absolute atomic E-state index is 0.00213. The molecular formula is C68H125N3O14. The molecule has 17 heteroatoms. The van der Waals surface area contributed by atoms with Gasteiger partial charge in [-0.15, -0.1) is 0 Å². The molecule has 7 fully saturated rings. The zero-order valence-corrected chi connectivity index (χ0v) is 56.4. The summed E-state index contributed by atoms with van der Waals surface area (Å²) >= 11 is 0. The van der Waals surface area contributed by atoms with Gasteiger partial charge in [-0.25, -0.2) is 0 Å². The highest BCUT2D eigenvalue weighted by molar-refractivity contribution is 5.92. The van der Waals surface area contributed by atoms with Gasteiger partial charge in [-0.1, -0.05) is 137 Å². The van der Waals surface area contributed by atoms with Gasteiger partial charge in [-0.3, -0.25) is 33.6 Å². The van der Waals surface area contributed by atoms with Crippen LogP contribution >= 0.6 is 0 Å². The fraction of sp³-hybridized carbons (Fsp3) is 0.897. The molecule has 7 rings (SSSR count). The summed E-state index contributed by atoms with van der Waals surface area (Å²) in [5.74, 6) is 0.831. The largest absolute Gasteiger partial charge is 0.382 e. The molecule has 17 nitrogen and oxygen atoms in total. The molecule has 0 saturated heterocycles. The summed E-state index contributed by atoms with van der Waals surface area (Å²) in [6, 6.07) is -0.350. The summed E-state index contributed by atoms with van der Waals surface area (Å²) in [6.07, 6.45) is 16.8. The minimum Gasteiger partial charge on any atom is -0.382 e. The normalized spacial score (nSPS) is 35.8. The highest BCUT2D eigenvalue weighted by Gasteiger charge is 2.50. The molecule has 85 heavy (non-hydrogen) atoms. The monoisotopic (exact) mass is 1210 g/mol. The second-order valence-electron chi connectivity index (χ2n) is 29.7. The third-order valence-electron chi connectivity index (χ3n) is 19.3. The second-order valence-corrected chi connectivity index (χ2v) is 29.7. The van der Waals surface area contributed by atoms with E-state index in [1.165, 1.54) is 0 Å². The third-order valence-corrected chi connectivity index (χ3v) is 19.3. The lowest BCUT2D eigenvalue weighted by molar-refractivity contribution is -0.159. The lowest BCUT2D eigenvalue weighted by atomic mass is 9.66. The molecule has 0 radical (unpaired) electrons. The first-order valence-electron chi connectivity index (χ1n) is 32.9. The van der Waals surface area contributed by atoms with E-state index < -0.39 is 39.2 Å². The van der Waals surface area contributed by atoms with Crippen LogP contribution in [0.5, 0.6) is 0 Å². The maximum absolute atomic E-state index is 11.7. The average Bonchev–Trinajstić information content (AvgIpc) is 4.21. The van der Waals surface area contributed by atoms with Gasteiger partial charge in [0.1, 0.15) is 39.2 Å². The molecule has 0 aliphatic heterocycles. The number of hydrogen-bond acceptors (Lipinski definition) is 17. The fourth-order valence-corrected chi connectivity index (χ4v) is 13.3. The van der Waals surface area contributed by atoms with Crippen LogP contribution in [0, 0.1) is 65.1 Å². The van der Waals surface area contributed by atoms with Crippen LogP contribution in [-0.2, 0) is 33.6 Å². The van der Waals surface area contributed by atoms with E-state index in [0.717, 1.165) is 70.6 Å². The van der Waals surface area contributed by atoms with Crippen molar-refractivity contribution in [3.05, 3.63) is 0 Å². The number of ketones is 7. The number of carbonyl (C=O) groups excluding carboxylic acids is 7. The Hall–Kier alpha value is -2.71. The Morgan fingerprint density at radius 3 is 0.965 bits per heavy atom. The summed E-state index contributed by atoms with van der Waals surface area (Å²) in [7, 11) is 0. The topological polar surface area (TPSA) is 339 Å². The Bertz CT molecular complexity index is 2150. The standard InChI is InChI=1S/2C11H20O2.C10H19NO2.C10H18O2.C9H17NO2.C9H16O2.C8H15NO2/c1-8(2)10(12)11(13)6-4-9(3)5-7-11;1-8(2)10(12)11(13)6-4-5-9(3)7-11;1-7(2)9(12)10(13)6-4-3-5-8(10)11;1-7(2)9(11)10(12)6-4-5-8(10)3;1-6(2)8(11)9(12)4-3-7(10)5-9;1-6(2)8(10)9(11)5-4-7(9)3;1-5(2)7(10)8(11)3-6(9)4-8/h2*8-9,13H,4-7H2,1-3H3;7-8,13H,3-6,11H2,1-2H3;7-8,12H,4-6H2,1-3H3;6-7,12H,3-5,10H2,1-2H3;6-7,11H,4-5H2,1-3H3;5-6,11H,3-4,9H2,1-2H3. The van der Waals surface area contributed by atoms with E-state index in [9.17, 15) is 69.3 Å². The van der Waals surface area contributed by atoms with Gasteiger partial charge in [0, 0.05) is 59.6 Å². The third kappa shape index (κ3) is 22.3. The van der Waals surface area contributed by atoms with Gasteiger partial charge < -0.3 is 52.9 Å². The zero-order chi connectivity index (χ0) is 66.2. The summed E-state index contributed by atoms with van der Waals surface area (Å²) in [5, 5.41) is 69.6. The molecule has 13 N–H and O–H groups in total. The lowest BCUT2D eigenvalue weighted by Gasteiger charge is -2.43. The Labute approximate surface area is 513 Å². The molecule has 496 valence electrons. The number of hydrogen-bond donors (Lipinski definition) is 10. The van der Waals surface area contributed by atoms with E-state index in [-0.39, 0.29) is 112 Å². The van der Waals surface area contributed by atoms with Crippen molar-refractivity contribution >= 4 is 40.5 Å². The molecule has 7 aliphatic carbocycles. The van der Waals surface area contributed by atoms with Crippen molar-refractivity contribution in [3.63, 3.8) is 0 Å². The van der Waals surface area contributed by atoms with E-state index in [4.69, 9.17) is 17.2 Å².